The highest BCUT2D eigenvalue weighted by atomic mass is 35.5. The fraction of sp³-hybridized carbons (Fsp3) is 0.583. The van der Waals surface area contributed by atoms with Crippen LogP contribution >= 0.6 is 11.6 Å². The highest BCUT2D eigenvalue weighted by Gasteiger charge is 2.55. The van der Waals surface area contributed by atoms with Gasteiger partial charge in [-0.1, -0.05) is 42.6 Å². The number of methoxy groups -OCH3 is 1. The smallest absolute Gasteiger partial charge is 0.242 e. The second-order valence-electron chi connectivity index (χ2n) is 9.10. The number of rotatable bonds is 7. The van der Waals surface area contributed by atoms with Crippen molar-refractivity contribution in [2.24, 2.45) is 0 Å². The van der Waals surface area contributed by atoms with Crippen molar-refractivity contribution in [1.29, 1.82) is 0 Å². The molecule has 0 spiro atoms. The SMILES string of the molecule is COCCN1C(=O)CC(CC(=O)N2CCN(C3CCCC3)C(=O)C2)(c2ccccc2Cl)C1=O. The summed E-state index contributed by atoms with van der Waals surface area (Å²) in [4.78, 5) is 57.1. The van der Waals surface area contributed by atoms with E-state index in [4.69, 9.17) is 16.3 Å². The van der Waals surface area contributed by atoms with Crippen molar-refractivity contribution in [1.82, 2.24) is 14.7 Å². The number of halogens is 1. The minimum Gasteiger partial charge on any atom is -0.383 e. The lowest BCUT2D eigenvalue weighted by Gasteiger charge is -2.39. The van der Waals surface area contributed by atoms with E-state index in [1.54, 1.807) is 24.3 Å². The molecule has 4 rings (SSSR count). The second kappa shape index (κ2) is 9.81. The number of piperazine rings is 1. The number of imide groups is 1. The van der Waals surface area contributed by atoms with Crippen LogP contribution in [0.15, 0.2) is 24.3 Å². The standard InChI is InChI=1S/C24H30ClN3O5/c1-33-13-12-28-21(30)15-24(23(28)32,18-8-4-5-9-19(18)25)14-20(29)26-10-11-27(22(31)16-26)17-6-2-3-7-17/h4-5,8-9,17H,2-3,6-7,10-16H2,1H3. The van der Waals surface area contributed by atoms with Crippen LogP contribution in [0.25, 0.3) is 0 Å². The van der Waals surface area contributed by atoms with Gasteiger partial charge in [-0.25, -0.2) is 0 Å². The first-order valence-electron chi connectivity index (χ1n) is 11.5. The third-order valence-corrected chi connectivity index (χ3v) is 7.48. The molecule has 1 aromatic rings. The Morgan fingerprint density at radius 2 is 1.85 bits per heavy atom. The minimum absolute atomic E-state index is 0.00343. The van der Waals surface area contributed by atoms with Crippen molar-refractivity contribution in [2.45, 2.75) is 50.0 Å². The van der Waals surface area contributed by atoms with Gasteiger partial charge in [0.15, 0.2) is 0 Å². The Bertz CT molecular complexity index is 948. The van der Waals surface area contributed by atoms with E-state index < -0.39 is 11.3 Å². The highest BCUT2D eigenvalue weighted by molar-refractivity contribution is 6.32. The Hall–Kier alpha value is -2.45. The van der Waals surface area contributed by atoms with Gasteiger partial charge in [0.2, 0.25) is 23.6 Å². The zero-order valence-corrected chi connectivity index (χ0v) is 19.7. The Morgan fingerprint density at radius 1 is 1.12 bits per heavy atom. The number of carbonyl (C=O) groups excluding carboxylic acids is 4. The van der Waals surface area contributed by atoms with E-state index in [1.165, 1.54) is 12.0 Å². The lowest BCUT2D eigenvalue weighted by Crippen LogP contribution is -2.56. The predicted octanol–water partition coefficient (Wildman–Crippen LogP) is 1.99. The molecule has 2 heterocycles. The van der Waals surface area contributed by atoms with Crippen LogP contribution in [0.2, 0.25) is 5.02 Å². The molecule has 1 unspecified atom stereocenters. The summed E-state index contributed by atoms with van der Waals surface area (Å²) in [5.41, 5.74) is -0.916. The highest BCUT2D eigenvalue weighted by Crippen LogP contribution is 2.43. The molecule has 3 fully saturated rings. The number of nitrogens with zero attached hydrogens (tertiary/aromatic N) is 3. The van der Waals surface area contributed by atoms with E-state index in [2.05, 4.69) is 0 Å². The third kappa shape index (κ3) is 4.51. The molecule has 178 valence electrons. The summed E-state index contributed by atoms with van der Waals surface area (Å²) in [6.07, 6.45) is 3.95. The van der Waals surface area contributed by atoms with Gasteiger partial charge in [0.1, 0.15) is 0 Å². The summed E-state index contributed by atoms with van der Waals surface area (Å²) in [7, 11) is 1.50. The number of hydrogen-bond acceptors (Lipinski definition) is 5. The van der Waals surface area contributed by atoms with Crippen molar-refractivity contribution in [2.75, 3.05) is 39.9 Å². The van der Waals surface area contributed by atoms with Crippen molar-refractivity contribution in [3.8, 4) is 0 Å². The summed E-state index contributed by atoms with van der Waals surface area (Å²) < 4.78 is 5.05. The average Bonchev–Trinajstić information content (AvgIpc) is 3.40. The first-order valence-corrected chi connectivity index (χ1v) is 11.9. The van der Waals surface area contributed by atoms with E-state index in [-0.39, 0.29) is 56.3 Å². The molecule has 0 aromatic heterocycles. The fourth-order valence-electron chi connectivity index (χ4n) is 5.37. The summed E-state index contributed by atoms with van der Waals surface area (Å²) in [5, 5.41) is 0.335. The van der Waals surface area contributed by atoms with Crippen LogP contribution in [0.4, 0.5) is 0 Å². The molecule has 33 heavy (non-hydrogen) atoms. The molecule has 0 bridgehead atoms. The Balaban J connectivity index is 1.56. The van der Waals surface area contributed by atoms with Crippen LogP contribution in [-0.2, 0) is 29.3 Å². The molecule has 1 saturated carbocycles. The normalized spacial score (nSPS) is 24.3. The number of carbonyl (C=O) groups is 4. The Kier molecular flexibility index (Phi) is 7.05. The molecule has 9 heteroatoms. The summed E-state index contributed by atoms with van der Waals surface area (Å²) in [5.74, 6) is -1.17. The molecule has 1 atom stereocenters. The van der Waals surface area contributed by atoms with Gasteiger partial charge in [-0.3, -0.25) is 24.1 Å². The summed E-state index contributed by atoms with van der Waals surface area (Å²) in [6.45, 7) is 1.26. The number of amides is 4. The minimum atomic E-state index is -1.38. The predicted molar refractivity (Wildman–Crippen MR) is 122 cm³/mol. The van der Waals surface area contributed by atoms with Crippen molar-refractivity contribution >= 4 is 35.2 Å². The third-order valence-electron chi connectivity index (χ3n) is 7.15. The van der Waals surface area contributed by atoms with Gasteiger partial charge in [0.25, 0.3) is 0 Å². The maximum atomic E-state index is 13.6. The van der Waals surface area contributed by atoms with E-state index in [0.717, 1.165) is 30.6 Å². The molecule has 2 saturated heterocycles. The average molecular weight is 476 g/mol. The largest absolute Gasteiger partial charge is 0.383 e. The monoisotopic (exact) mass is 475 g/mol. The maximum absolute atomic E-state index is 13.6. The summed E-state index contributed by atoms with van der Waals surface area (Å²) >= 11 is 6.45. The van der Waals surface area contributed by atoms with Crippen molar-refractivity contribution < 1.29 is 23.9 Å². The van der Waals surface area contributed by atoms with Crippen LogP contribution in [0.1, 0.15) is 44.1 Å². The van der Waals surface area contributed by atoms with Gasteiger partial charge in [-0.2, -0.15) is 0 Å². The van der Waals surface area contributed by atoms with Gasteiger partial charge >= 0.3 is 0 Å². The number of benzene rings is 1. The van der Waals surface area contributed by atoms with Gasteiger partial charge in [-0.15, -0.1) is 0 Å². The van der Waals surface area contributed by atoms with E-state index >= 15 is 0 Å². The van der Waals surface area contributed by atoms with Gasteiger partial charge in [-0.05, 0) is 24.5 Å². The van der Waals surface area contributed by atoms with Crippen LogP contribution in [0.3, 0.4) is 0 Å². The lowest BCUT2D eigenvalue weighted by atomic mass is 9.75. The number of ether oxygens (including phenoxy) is 1. The Morgan fingerprint density at radius 3 is 2.52 bits per heavy atom. The zero-order valence-electron chi connectivity index (χ0n) is 18.9. The van der Waals surface area contributed by atoms with Crippen LogP contribution in [0, 0.1) is 0 Å². The lowest BCUT2D eigenvalue weighted by molar-refractivity contribution is -0.149. The van der Waals surface area contributed by atoms with Crippen molar-refractivity contribution in [3.63, 3.8) is 0 Å². The van der Waals surface area contributed by atoms with Gasteiger partial charge in [0.05, 0.1) is 25.1 Å². The molecule has 4 amide bonds. The van der Waals surface area contributed by atoms with Crippen molar-refractivity contribution in [3.05, 3.63) is 34.9 Å². The molecule has 2 aliphatic heterocycles. The Labute approximate surface area is 198 Å². The molecular weight excluding hydrogens is 446 g/mol. The van der Waals surface area contributed by atoms with Gasteiger partial charge in [0, 0.05) is 44.1 Å². The second-order valence-corrected chi connectivity index (χ2v) is 9.51. The molecule has 3 aliphatic rings. The zero-order chi connectivity index (χ0) is 23.6. The van der Waals surface area contributed by atoms with Crippen LogP contribution in [-0.4, -0.2) is 84.3 Å². The molecular formula is C24H30ClN3O5. The van der Waals surface area contributed by atoms with Crippen LogP contribution < -0.4 is 0 Å². The number of likely N-dealkylation sites (tertiary alicyclic amines) is 1. The quantitative estimate of drug-likeness (QED) is 0.563. The molecule has 8 nitrogen and oxygen atoms in total. The molecule has 0 radical (unpaired) electrons. The molecule has 0 N–H and O–H groups in total. The number of hydrogen-bond donors (Lipinski definition) is 0. The van der Waals surface area contributed by atoms with E-state index in [1.807, 2.05) is 4.90 Å². The topological polar surface area (TPSA) is 87.2 Å². The van der Waals surface area contributed by atoms with Crippen LogP contribution in [0.5, 0.6) is 0 Å². The molecule has 1 aromatic carbocycles. The first-order chi connectivity index (χ1) is 15.9. The first kappa shape index (κ1) is 23.7. The maximum Gasteiger partial charge on any atom is 0.242 e. The van der Waals surface area contributed by atoms with E-state index in [9.17, 15) is 19.2 Å². The van der Waals surface area contributed by atoms with Gasteiger partial charge < -0.3 is 14.5 Å². The molecule has 1 aliphatic carbocycles. The fourth-order valence-corrected chi connectivity index (χ4v) is 5.69. The van der Waals surface area contributed by atoms with E-state index in [0.29, 0.717) is 23.7 Å². The summed E-state index contributed by atoms with van der Waals surface area (Å²) in [6, 6.07) is 7.11.